The molecule has 0 radical (unpaired) electrons. The first kappa shape index (κ1) is 16.7. The van der Waals surface area contributed by atoms with Crippen molar-refractivity contribution in [3.63, 3.8) is 0 Å². The zero-order valence-corrected chi connectivity index (χ0v) is 13.7. The number of halogens is 1. The Balaban J connectivity index is 1.48. The quantitative estimate of drug-likeness (QED) is 0.523. The van der Waals surface area contributed by atoms with Crippen molar-refractivity contribution in [1.82, 2.24) is 5.32 Å². The molecule has 0 heterocycles. The van der Waals surface area contributed by atoms with Crippen molar-refractivity contribution in [2.75, 3.05) is 18.4 Å². The third kappa shape index (κ3) is 4.67. The molecule has 0 spiro atoms. The largest absolute Gasteiger partial charge is 0.383 e. The number of amides is 1. The van der Waals surface area contributed by atoms with Crippen LogP contribution in [0.2, 0.25) is 0 Å². The summed E-state index contributed by atoms with van der Waals surface area (Å²) in [6, 6.07) is 20.3. The molecule has 126 valence electrons. The Morgan fingerprint density at radius 1 is 0.920 bits per heavy atom. The highest BCUT2D eigenvalue weighted by Gasteiger charge is 2.00. The maximum Gasteiger partial charge on any atom is 0.244 e. The van der Waals surface area contributed by atoms with Crippen LogP contribution in [0.15, 0.2) is 72.8 Å². The second-order valence-electron chi connectivity index (χ2n) is 5.63. The first-order valence-electron chi connectivity index (χ1n) is 8.15. The van der Waals surface area contributed by atoms with E-state index in [1.54, 1.807) is 18.2 Å². The van der Waals surface area contributed by atoms with E-state index >= 15 is 0 Å². The minimum Gasteiger partial charge on any atom is -0.383 e. The van der Waals surface area contributed by atoms with Crippen molar-refractivity contribution < 1.29 is 9.18 Å². The molecule has 2 N–H and O–H groups in total. The van der Waals surface area contributed by atoms with Gasteiger partial charge in [0.15, 0.2) is 0 Å². The van der Waals surface area contributed by atoms with E-state index in [1.807, 2.05) is 24.3 Å². The van der Waals surface area contributed by atoms with Gasteiger partial charge in [0, 0.05) is 30.2 Å². The van der Waals surface area contributed by atoms with Gasteiger partial charge in [0.05, 0.1) is 0 Å². The van der Waals surface area contributed by atoms with Gasteiger partial charge in [-0.05, 0) is 35.2 Å². The molecule has 25 heavy (non-hydrogen) atoms. The predicted octanol–water partition coefficient (Wildman–Crippen LogP) is 4.22. The van der Waals surface area contributed by atoms with Crippen LogP contribution < -0.4 is 10.6 Å². The molecule has 3 aromatic rings. The summed E-state index contributed by atoms with van der Waals surface area (Å²) in [6.45, 7) is 1.14. The fourth-order valence-electron chi connectivity index (χ4n) is 2.57. The molecule has 3 nitrogen and oxygen atoms in total. The van der Waals surface area contributed by atoms with Crippen molar-refractivity contribution in [3.05, 3.63) is 84.2 Å². The second kappa shape index (κ2) is 8.11. The van der Waals surface area contributed by atoms with E-state index in [0.717, 1.165) is 16.6 Å². The lowest BCUT2D eigenvalue weighted by Gasteiger charge is -2.10. The molecule has 0 bridgehead atoms. The monoisotopic (exact) mass is 334 g/mol. The molecule has 0 saturated heterocycles. The van der Waals surface area contributed by atoms with E-state index in [1.165, 1.54) is 23.6 Å². The van der Waals surface area contributed by atoms with Crippen LogP contribution in [0.1, 0.15) is 5.56 Å². The van der Waals surface area contributed by atoms with Crippen LogP contribution in [0.4, 0.5) is 10.1 Å². The van der Waals surface area contributed by atoms with Crippen molar-refractivity contribution >= 4 is 28.4 Å². The Labute approximate surface area is 146 Å². The predicted molar refractivity (Wildman–Crippen MR) is 101 cm³/mol. The minimum atomic E-state index is -0.291. The van der Waals surface area contributed by atoms with E-state index in [9.17, 15) is 9.18 Å². The van der Waals surface area contributed by atoms with Gasteiger partial charge in [-0.2, -0.15) is 0 Å². The number of hydrogen-bond acceptors (Lipinski definition) is 2. The summed E-state index contributed by atoms with van der Waals surface area (Å²) in [4.78, 5) is 11.8. The average Bonchev–Trinajstić information content (AvgIpc) is 2.65. The molecule has 0 atom stereocenters. The number of fused-ring (bicyclic) bond motifs is 1. The lowest BCUT2D eigenvalue weighted by atomic mass is 10.1. The summed E-state index contributed by atoms with van der Waals surface area (Å²) < 4.78 is 12.8. The first-order chi connectivity index (χ1) is 12.2. The molecule has 3 rings (SSSR count). The average molecular weight is 334 g/mol. The molecule has 0 aromatic heterocycles. The second-order valence-corrected chi connectivity index (χ2v) is 5.63. The summed E-state index contributed by atoms with van der Waals surface area (Å²) in [6.07, 6.45) is 3.11. The standard InChI is InChI=1S/C21H19FN2O/c22-18-11-8-16(9-12-18)10-13-21(25)24-15-14-23-20-7-3-5-17-4-1-2-6-19(17)20/h1-13,23H,14-15H2,(H,24,25)/b13-10+. The summed E-state index contributed by atoms with van der Waals surface area (Å²) in [5, 5.41) is 8.50. The first-order valence-corrected chi connectivity index (χ1v) is 8.15. The Morgan fingerprint density at radius 3 is 2.52 bits per heavy atom. The zero-order valence-electron chi connectivity index (χ0n) is 13.7. The molecule has 0 unspecified atom stereocenters. The highest BCUT2D eigenvalue weighted by Crippen LogP contribution is 2.22. The summed E-state index contributed by atoms with van der Waals surface area (Å²) in [7, 11) is 0. The van der Waals surface area contributed by atoms with E-state index in [-0.39, 0.29) is 11.7 Å². The lowest BCUT2D eigenvalue weighted by Crippen LogP contribution is -2.27. The molecule has 0 saturated carbocycles. The van der Waals surface area contributed by atoms with Gasteiger partial charge in [0.25, 0.3) is 0 Å². The molecule has 4 heteroatoms. The fraction of sp³-hybridized carbons (Fsp3) is 0.0952. The van der Waals surface area contributed by atoms with Gasteiger partial charge in [-0.15, -0.1) is 0 Å². The van der Waals surface area contributed by atoms with Gasteiger partial charge in [0.1, 0.15) is 5.82 Å². The third-order valence-electron chi connectivity index (χ3n) is 3.83. The summed E-state index contributed by atoms with van der Waals surface area (Å²) in [5.74, 6) is -0.467. The van der Waals surface area contributed by atoms with Crippen LogP contribution >= 0.6 is 0 Å². The van der Waals surface area contributed by atoms with Crippen LogP contribution in [0.3, 0.4) is 0 Å². The summed E-state index contributed by atoms with van der Waals surface area (Å²) in [5.41, 5.74) is 1.83. The van der Waals surface area contributed by atoms with Gasteiger partial charge in [-0.1, -0.05) is 48.5 Å². The SMILES string of the molecule is O=C(/C=C/c1ccc(F)cc1)NCCNc1cccc2ccccc12. The third-order valence-corrected chi connectivity index (χ3v) is 3.83. The Kier molecular flexibility index (Phi) is 5.42. The van der Waals surface area contributed by atoms with Crippen LogP contribution in [0.25, 0.3) is 16.8 Å². The van der Waals surface area contributed by atoms with E-state index < -0.39 is 0 Å². The van der Waals surface area contributed by atoms with Crippen LogP contribution in [0, 0.1) is 5.82 Å². The number of benzene rings is 3. The molecular formula is C21H19FN2O. The molecule has 3 aromatic carbocycles. The molecule has 0 aliphatic heterocycles. The fourth-order valence-corrected chi connectivity index (χ4v) is 2.57. The number of anilines is 1. The molecule has 0 aliphatic carbocycles. The van der Waals surface area contributed by atoms with E-state index in [2.05, 4.69) is 28.8 Å². The van der Waals surface area contributed by atoms with Gasteiger partial charge in [-0.25, -0.2) is 4.39 Å². The Bertz CT molecular complexity index is 883. The maximum atomic E-state index is 12.8. The summed E-state index contributed by atoms with van der Waals surface area (Å²) >= 11 is 0. The van der Waals surface area contributed by atoms with Crippen molar-refractivity contribution in [1.29, 1.82) is 0 Å². The van der Waals surface area contributed by atoms with Crippen LogP contribution in [-0.2, 0) is 4.79 Å². The van der Waals surface area contributed by atoms with Crippen LogP contribution in [0.5, 0.6) is 0 Å². The normalized spacial score (nSPS) is 10.9. The Hall–Kier alpha value is -3.14. The van der Waals surface area contributed by atoms with Gasteiger partial charge >= 0.3 is 0 Å². The maximum absolute atomic E-state index is 12.8. The van der Waals surface area contributed by atoms with Gasteiger partial charge < -0.3 is 10.6 Å². The molecule has 1 amide bonds. The van der Waals surface area contributed by atoms with Crippen molar-refractivity contribution in [2.24, 2.45) is 0 Å². The van der Waals surface area contributed by atoms with E-state index in [4.69, 9.17) is 0 Å². The molecule has 0 aliphatic rings. The number of carbonyl (C=O) groups excluding carboxylic acids is 1. The molecule has 0 fully saturated rings. The number of hydrogen-bond donors (Lipinski definition) is 2. The zero-order chi connectivity index (χ0) is 17.5. The van der Waals surface area contributed by atoms with Gasteiger partial charge in [-0.3, -0.25) is 4.79 Å². The number of rotatable bonds is 6. The van der Waals surface area contributed by atoms with Crippen molar-refractivity contribution in [2.45, 2.75) is 0 Å². The van der Waals surface area contributed by atoms with Crippen molar-refractivity contribution in [3.8, 4) is 0 Å². The van der Waals surface area contributed by atoms with Gasteiger partial charge in [0.2, 0.25) is 5.91 Å². The number of carbonyl (C=O) groups is 1. The lowest BCUT2D eigenvalue weighted by molar-refractivity contribution is -0.116. The highest BCUT2D eigenvalue weighted by molar-refractivity contribution is 5.94. The molecular weight excluding hydrogens is 315 g/mol. The minimum absolute atomic E-state index is 0.177. The topological polar surface area (TPSA) is 41.1 Å². The van der Waals surface area contributed by atoms with Crippen LogP contribution in [-0.4, -0.2) is 19.0 Å². The number of nitrogens with one attached hydrogen (secondary N) is 2. The smallest absolute Gasteiger partial charge is 0.244 e. The van der Waals surface area contributed by atoms with E-state index in [0.29, 0.717) is 13.1 Å². The Morgan fingerprint density at radius 2 is 1.68 bits per heavy atom. The highest BCUT2D eigenvalue weighted by atomic mass is 19.1.